The van der Waals surface area contributed by atoms with Gasteiger partial charge in [0.2, 0.25) is 0 Å². The summed E-state index contributed by atoms with van der Waals surface area (Å²) in [5, 5.41) is 3.02. The molecule has 21 heavy (non-hydrogen) atoms. The molecule has 0 spiro atoms. The van der Waals surface area contributed by atoms with Crippen molar-refractivity contribution in [2.75, 3.05) is 11.1 Å². The summed E-state index contributed by atoms with van der Waals surface area (Å²) < 4.78 is 41.4. The van der Waals surface area contributed by atoms with Crippen molar-refractivity contribution in [3.63, 3.8) is 0 Å². The smallest absolute Gasteiger partial charge is 0.405 e. The summed E-state index contributed by atoms with van der Waals surface area (Å²) in [7, 11) is 0. The van der Waals surface area contributed by atoms with Crippen LogP contribution < -0.4 is 15.8 Å². The minimum absolute atomic E-state index is 0.179. The number of rotatable bonds is 3. The second-order valence-electron chi connectivity index (χ2n) is 4.05. The van der Waals surface area contributed by atoms with E-state index in [1.807, 2.05) is 0 Å². The van der Waals surface area contributed by atoms with Gasteiger partial charge in [0.1, 0.15) is 5.75 Å². The number of hydrogen-bond donors (Lipinski definition) is 2. The van der Waals surface area contributed by atoms with Gasteiger partial charge in [-0.05, 0) is 52.3 Å². The summed E-state index contributed by atoms with van der Waals surface area (Å²) in [4.78, 5) is 0. The van der Waals surface area contributed by atoms with Crippen LogP contribution in [0, 0.1) is 0 Å². The summed E-state index contributed by atoms with van der Waals surface area (Å²) in [5.41, 5.74) is 7.55. The van der Waals surface area contributed by atoms with Gasteiger partial charge in [-0.15, -0.1) is 13.2 Å². The van der Waals surface area contributed by atoms with Crippen LogP contribution in [0.5, 0.6) is 5.75 Å². The molecule has 0 saturated carbocycles. The molecular weight excluding hydrogens is 417 g/mol. The summed E-state index contributed by atoms with van der Waals surface area (Å²) in [5.74, 6) is -0.310. The monoisotopic (exact) mass is 424 g/mol. The predicted molar refractivity (Wildman–Crippen MR) is 82.7 cm³/mol. The fourth-order valence-corrected chi connectivity index (χ4v) is 2.40. The molecule has 112 valence electrons. The molecule has 0 aliphatic carbocycles. The third-order valence-electron chi connectivity index (χ3n) is 2.45. The molecule has 2 aromatic rings. The zero-order chi connectivity index (χ0) is 15.6. The van der Waals surface area contributed by atoms with Crippen LogP contribution in [-0.4, -0.2) is 6.36 Å². The molecule has 3 nitrogen and oxygen atoms in total. The molecule has 0 radical (unpaired) electrons. The van der Waals surface area contributed by atoms with Crippen molar-refractivity contribution in [1.82, 2.24) is 0 Å². The molecule has 2 rings (SSSR count). The highest BCUT2D eigenvalue weighted by molar-refractivity contribution is 9.10. The van der Waals surface area contributed by atoms with Gasteiger partial charge < -0.3 is 15.8 Å². The molecule has 0 atom stereocenters. The van der Waals surface area contributed by atoms with Crippen molar-refractivity contribution in [3.8, 4) is 5.75 Å². The van der Waals surface area contributed by atoms with Crippen LogP contribution in [-0.2, 0) is 0 Å². The van der Waals surface area contributed by atoms with Crippen LogP contribution in [0.25, 0.3) is 0 Å². The Hall–Kier alpha value is -1.41. The number of halogens is 5. The second kappa shape index (κ2) is 6.15. The first kappa shape index (κ1) is 16.0. The molecule has 0 unspecified atom stereocenters. The van der Waals surface area contributed by atoms with E-state index in [9.17, 15) is 13.2 Å². The highest BCUT2D eigenvalue weighted by Crippen LogP contribution is 2.34. The fraction of sp³-hybridized carbons (Fsp3) is 0.0769. The Balaban J connectivity index is 2.22. The second-order valence-corrected chi connectivity index (χ2v) is 5.82. The first-order valence-corrected chi connectivity index (χ1v) is 7.20. The zero-order valence-corrected chi connectivity index (χ0v) is 13.5. The van der Waals surface area contributed by atoms with E-state index in [1.165, 1.54) is 18.2 Å². The van der Waals surface area contributed by atoms with Gasteiger partial charge in [0, 0.05) is 10.2 Å². The summed E-state index contributed by atoms with van der Waals surface area (Å²) in [6, 6.07) is 9.42. The van der Waals surface area contributed by atoms with Crippen molar-refractivity contribution in [2.45, 2.75) is 6.36 Å². The zero-order valence-electron chi connectivity index (χ0n) is 10.3. The van der Waals surface area contributed by atoms with Crippen LogP contribution in [0.3, 0.4) is 0 Å². The van der Waals surface area contributed by atoms with E-state index < -0.39 is 6.36 Å². The number of nitrogens with one attached hydrogen (secondary N) is 1. The van der Waals surface area contributed by atoms with Gasteiger partial charge in [-0.25, -0.2) is 0 Å². The third-order valence-corrected chi connectivity index (χ3v) is 3.56. The quantitative estimate of drug-likeness (QED) is 0.644. The molecule has 0 aliphatic rings. The van der Waals surface area contributed by atoms with Gasteiger partial charge in [0.15, 0.2) is 0 Å². The fourth-order valence-electron chi connectivity index (χ4n) is 1.58. The molecule has 8 heteroatoms. The standard InChI is InChI=1S/C13H9Br2F3N2O/c14-7-1-3-10(19)11(5-7)20-8-2-4-12(9(15)6-8)21-13(16,17)18/h1-6,20H,19H2. The maximum atomic E-state index is 12.2. The molecule has 0 aliphatic heterocycles. The van der Waals surface area contributed by atoms with E-state index in [-0.39, 0.29) is 10.2 Å². The lowest BCUT2D eigenvalue weighted by molar-refractivity contribution is -0.274. The predicted octanol–water partition coefficient (Wildman–Crippen LogP) is 5.44. The lowest BCUT2D eigenvalue weighted by Gasteiger charge is -2.13. The summed E-state index contributed by atoms with van der Waals surface area (Å²) >= 11 is 6.36. The van der Waals surface area contributed by atoms with Crippen LogP contribution in [0.15, 0.2) is 45.3 Å². The highest BCUT2D eigenvalue weighted by Gasteiger charge is 2.31. The van der Waals surface area contributed by atoms with E-state index >= 15 is 0 Å². The van der Waals surface area contributed by atoms with E-state index in [2.05, 4.69) is 41.9 Å². The highest BCUT2D eigenvalue weighted by atomic mass is 79.9. The van der Waals surface area contributed by atoms with Crippen LogP contribution in [0.4, 0.5) is 30.2 Å². The largest absolute Gasteiger partial charge is 0.573 e. The number of ether oxygens (including phenoxy) is 1. The first-order chi connectivity index (χ1) is 9.74. The van der Waals surface area contributed by atoms with Crippen molar-refractivity contribution in [1.29, 1.82) is 0 Å². The lowest BCUT2D eigenvalue weighted by Crippen LogP contribution is -2.17. The van der Waals surface area contributed by atoms with Gasteiger partial charge in [-0.2, -0.15) is 0 Å². The third kappa shape index (κ3) is 4.53. The average Bonchev–Trinajstić information content (AvgIpc) is 2.36. The average molecular weight is 426 g/mol. The van der Waals surface area contributed by atoms with Crippen LogP contribution in [0.2, 0.25) is 0 Å². The Morgan fingerprint density at radius 1 is 1.05 bits per heavy atom. The topological polar surface area (TPSA) is 47.3 Å². The number of anilines is 3. The summed E-state index contributed by atoms with van der Waals surface area (Å²) in [6.07, 6.45) is -4.73. The Kier molecular flexibility index (Phi) is 4.67. The van der Waals surface area contributed by atoms with Gasteiger partial charge in [0.05, 0.1) is 15.8 Å². The molecule has 0 saturated heterocycles. The molecule has 3 N–H and O–H groups in total. The molecule has 0 fully saturated rings. The SMILES string of the molecule is Nc1ccc(Br)cc1Nc1ccc(OC(F)(F)F)c(Br)c1. The van der Waals surface area contributed by atoms with Crippen molar-refractivity contribution < 1.29 is 17.9 Å². The van der Waals surface area contributed by atoms with Crippen LogP contribution >= 0.6 is 31.9 Å². The summed E-state index contributed by atoms with van der Waals surface area (Å²) in [6.45, 7) is 0. The van der Waals surface area contributed by atoms with Crippen molar-refractivity contribution in [3.05, 3.63) is 45.3 Å². The number of hydrogen-bond acceptors (Lipinski definition) is 3. The van der Waals surface area contributed by atoms with Crippen LogP contribution in [0.1, 0.15) is 0 Å². The maximum absolute atomic E-state index is 12.2. The number of nitrogen functional groups attached to an aromatic ring is 1. The number of nitrogens with two attached hydrogens (primary N) is 1. The molecule has 0 heterocycles. The Labute approximate surface area is 135 Å². The van der Waals surface area contributed by atoms with E-state index in [4.69, 9.17) is 5.73 Å². The minimum atomic E-state index is -4.73. The van der Waals surface area contributed by atoms with Gasteiger partial charge in [0.25, 0.3) is 0 Å². The van der Waals surface area contributed by atoms with E-state index in [0.29, 0.717) is 17.1 Å². The lowest BCUT2D eigenvalue weighted by atomic mass is 10.2. The van der Waals surface area contributed by atoms with Gasteiger partial charge in [-0.3, -0.25) is 0 Å². The minimum Gasteiger partial charge on any atom is -0.405 e. The van der Waals surface area contributed by atoms with Crippen molar-refractivity contribution >= 4 is 48.9 Å². The number of alkyl halides is 3. The Bertz CT molecular complexity index is 662. The Morgan fingerprint density at radius 2 is 1.76 bits per heavy atom. The normalized spacial score (nSPS) is 11.3. The molecule has 0 amide bonds. The van der Waals surface area contributed by atoms with Crippen molar-refractivity contribution in [2.24, 2.45) is 0 Å². The molecular formula is C13H9Br2F3N2O. The van der Waals surface area contributed by atoms with E-state index in [1.54, 1.807) is 18.2 Å². The molecule has 0 aromatic heterocycles. The number of benzene rings is 2. The maximum Gasteiger partial charge on any atom is 0.573 e. The molecule has 2 aromatic carbocycles. The Morgan fingerprint density at radius 3 is 2.38 bits per heavy atom. The first-order valence-electron chi connectivity index (χ1n) is 5.62. The van der Waals surface area contributed by atoms with E-state index in [0.717, 1.165) is 4.47 Å². The van der Waals surface area contributed by atoms with Gasteiger partial charge >= 0.3 is 6.36 Å². The molecule has 0 bridgehead atoms. The van der Waals surface area contributed by atoms with Gasteiger partial charge in [-0.1, -0.05) is 15.9 Å².